The van der Waals surface area contributed by atoms with Gasteiger partial charge in [-0.25, -0.2) is 9.78 Å². The number of nitrogens with one attached hydrogen (secondary N) is 1. The molecule has 1 N–H and O–H groups in total. The number of alkyl carbamates (subject to hydrolysis) is 1. The Balaban J connectivity index is 1.52. The summed E-state index contributed by atoms with van der Waals surface area (Å²) in [5.74, 6) is 0.836. The molecule has 0 radical (unpaired) electrons. The van der Waals surface area contributed by atoms with E-state index < -0.39 is 5.60 Å². The van der Waals surface area contributed by atoms with E-state index in [1.165, 1.54) is 0 Å². The third-order valence-electron chi connectivity index (χ3n) is 4.39. The van der Waals surface area contributed by atoms with E-state index in [1.54, 1.807) is 6.20 Å². The fraction of sp³-hybridized carbons (Fsp3) is 0.500. The Labute approximate surface area is 159 Å². The Morgan fingerprint density at radius 3 is 2.62 bits per heavy atom. The van der Waals surface area contributed by atoms with Crippen molar-refractivity contribution in [3.8, 4) is 5.75 Å². The maximum atomic E-state index is 11.9. The summed E-state index contributed by atoms with van der Waals surface area (Å²) in [6.07, 6.45) is 5.07. The Morgan fingerprint density at radius 2 is 1.92 bits per heavy atom. The summed E-state index contributed by atoms with van der Waals surface area (Å²) in [7, 11) is 0. The van der Waals surface area contributed by atoms with E-state index >= 15 is 0 Å². The number of carbonyl (C=O) groups excluding carboxylic acids is 1. The summed E-state index contributed by atoms with van der Waals surface area (Å²) in [6.45, 7) is 5.60. The number of fused-ring (bicyclic) bond motifs is 1. The third kappa shape index (κ3) is 5.01. The Kier molecular flexibility index (Phi) is 5.56. The predicted molar refractivity (Wildman–Crippen MR) is 103 cm³/mol. The van der Waals surface area contributed by atoms with Crippen LogP contribution >= 0.6 is 11.6 Å². The highest BCUT2D eigenvalue weighted by molar-refractivity contribution is 6.34. The van der Waals surface area contributed by atoms with Crippen molar-refractivity contribution in [1.82, 2.24) is 10.3 Å². The summed E-state index contributed by atoms with van der Waals surface area (Å²) in [6, 6.07) is 7.94. The fourth-order valence-corrected chi connectivity index (χ4v) is 3.41. The minimum atomic E-state index is -0.473. The van der Waals surface area contributed by atoms with Crippen LogP contribution in [0.3, 0.4) is 0 Å². The maximum Gasteiger partial charge on any atom is 0.407 e. The minimum absolute atomic E-state index is 0.145. The van der Waals surface area contributed by atoms with Gasteiger partial charge in [0.15, 0.2) is 0 Å². The molecule has 1 saturated carbocycles. The van der Waals surface area contributed by atoms with Gasteiger partial charge >= 0.3 is 6.09 Å². The molecule has 2 aromatic rings. The van der Waals surface area contributed by atoms with E-state index in [4.69, 9.17) is 21.1 Å². The van der Waals surface area contributed by atoms with Gasteiger partial charge in [-0.1, -0.05) is 11.6 Å². The van der Waals surface area contributed by atoms with Crippen LogP contribution in [0.15, 0.2) is 30.5 Å². The zero-order valence-corrected chi connectivity index (χ0v) is 16.2. The number of pyridine rings is 1. The van der Waals surface area contributed by atoms with Gasteiger partial charge in [-0.2, -0.15) is 0 Å². The highest BCUT2D eigenvalue weighted by Crippen LogP contribution is 2.28. The first-order chi connectivity index (χ1) is 12.3. The molecule has 1 heterocycles. The second kappa shape index (κ2) is 7.70. The van der Waals surface area contributed by atoms with Gasteiger partial charge in [-0.3, -0.25) is 0 Å². The number of amides is 1. The normalized spacial score (nSPS) is 20.6. The molecule has 0 spiro atoms. The van der Waals surface area contributed by atoms with Crippen molar-refractivity contribution in [1.29, 1.82) is 0 Å². The standard InChI is InChI=1S/C20H25ClN2O3/c1-20(2,3)26-19(24)23-14-4-6-15(7-5-14)25-16-8-9-17-13(12-16)10-11-22-18(17)21/h8-12,14-15H,4-7H2,1-3H3,(H,23,24)/t14-,15+. The maximum absolute atomic E-state index is 11.9. The molecule has 140 valence electrons. The lowest BCUT2D eigenvalue weighted by Crippen LogP contribution is -2.42. The minimum Gasteiger partial charge on any atom is -0.490 e. The molecule has 1 aromatic heterocycles. The number of hydrogen-bond acceptors (Lipinski definition) is 4. The second-order valence-electron chi connectivity index (χ2n) is 7.72. The first-order valence-corrected chi connectivity index (χ1v) is 9.38. The fourth-order valence-electron chi connectivity index (χ4n) is 3.18. The molecule has 1 aliphatic rings. The smallest absolute Gasteiger partial charge is 0.407 e. The van der Waals surface area contributed by atoms with E-state index in [1.807, 2.05) is 45.0 Å². The van der Waals surface area contributed by atoms with Gasteiger partial charge in [0.2, 0.25) is 0 Å². The van der Waals surface area contributed by atoms with E-state index in [0.29, 0.717) is 5.15 Å². The van der Waals surface area contributed by atoms with Gasteiger partial charge in [0.05, 0.1) is 6.10 Å². The van der Waals surface area contributed by atoms with Crippen molar-refractivity contribution in [2.45, 2.75) is 64.2 Å². The first-order valence-electron chi connectivity index (χ1n) is 9.00. The van der Waals surface area contributed by atoms with Crippen LogP contribution in [0.1, 0.15) is 46.5 Å². The van der Waals surface area contributed by atoms with Gasteiger partial charge in [-0.15, -0.1) is 0 Å². The SMILES string of the molecule is CC(C)(C)OC(=O)N[C@H]1CC[C@@H](Oc2ccc3c(Cl)nccc3c2)CC1. The molecule has 26 heavy (non-hydrogen) atoms. The molecule has 6 heteroatoms. The Bertz CT molecular complexity index is 780. The molecule has 5 nitrogen and oxygen atoms in total. The molecule has 0 saturated heterocycles. The number of benzene rings is 1. The lowest BCUT2D eigenvalue weighted by molar-refractivity contribution is 0.0471. The molecule has 1 aromatic carbocycles. The largest absolute Gasteiger partial charge is 0.490 e. The van der Waals surface area contributed by atoms with Crippen molar-refractivity contribution in [3.05, 3.63) is 35.6 Å². The van der Waals surface area contributed by atoms with Gasteiger partial charge < -0.3 is 14.8 Å². The number of ether oxygens (including phenoxy) is 2. The number of aromatic nitrogens is 1. The van der Waals surface area contributed by atoms with E-state index in [0.717, 1.165) is 42.2 Å². The van der Waals surface area contributed by atoms with Crippen LogP contribution in [-0.2, 0) is 4.74 Å². The van der Waals surface area contributed by atoms with Gasteiger partial charge in [0, 0.05) is 17.6 Å². The summed E-state index contributed by atoms with van der Waals surface area (Å²) < 4.78 is 11.4. The van der Waals surface area contributed by atoms with Crippen LogP contribution in [0, 0.1) is 0 Å². The van der Waals surface area contributed by atoms with Crippen LogP contribution in [0.25, 0.3) is 10.8 Å². The molecule has 0 aliphatic heterocycles. The molecule has 1 aliphatic carbocycles. The average molecular weight is 377 g/mol. The summed E-state index contributed by atoms with van der Waals surface area (Å²) in [5.41, 5.74) is -0.473. The monoisotopic (exact) mass is 376 g/mol. The van der Waals surface area contributed by atoms with E-state index in [9.17, 15) is 4.79 Å². The molecule has 1 fully saturated rings. The van der Waals surface area contributed by atoms with Crippen LogP contribution in [-0.4, -0.2) is 28.8 Å². The summed E-state index contributed by atoms with van der Waals surface area (Å²) >= 11 is 6.10. The van der Waals surface area contributed by atoms with Crippen molar-refractivity contribution < 1.29 is 14.3 Å². The summed E-state index contributed by atoms with van der Waals surface area (Å²) in [5, 5.41) is 5.39. The van der Waals surface area contributed by atoms with Gasteiger partial charge in [0.25, 0.3) is 0 Å². The quantitative estimate of drug-likeness (QED) is 0.757. The highest BCUT2D eigenvalue weighted by Gasteiger charge is 2.25. The molecule has 1 amide bonds. The molecule has 3 rings (SSSR count). The number of nitrogens with zero attached hydrogens (tertiary/aromatic N) is 1. The third-order valence-corrected chi connectivity index (χ3v) is 4.69. The molecular formula is C20H25ClN2O3. The zero-order chi connectivity index (χ0) is 18.7. The lowest BCUT2D eigenvalue weighted by Gasteiger charge is -2.30. The Hall–Kier alpha value is -2.01. The number of carbonyl (C=O) groups is 1. The molecular weight excluding hydrogens is 352 g/mol. The predicted octanol–water partition coefficient (Wildman–Crippen LogP) is 5.10. The van der Waals surface area contributed by atoms with Crippen molar-refractivity contribution >= 4 is 28.5 Å². The van der Waals surface area contributed by atoms with Crippen LogP contribution in [0.2, 0.25) is 5.15 Å². The Morgan fingerprint density at radius 1 is 1.19 bits per heavy atom. The summed E-state index contributed by atoms with van der Waals surface area (Å²) in [4.78, 5) is 16.0. The van der Waals surface area contributed by atoms with Crippen molar-refractivity contribution in [2.75, 3.05) is 0 Å². The highest BCUT2D eigenvalue weighted by atomic mass is 35.5. The van der Waals surface area contributed by atoms with Crippen LogP contribution in [0.4, 0.5) is 4.79 Å². The number of rotatable bonds is 3. The van der Waals surface area contributed by atoms with Gasteiger partial charge in [0.1, 0.15) is 16.5 Å². The molecule has 0 bridgehead atoms. The molecule has 0 unspecified atom stereocenters. The number of halogens is 1. The molecule has 0 atom stereocenters. The zero-order valence-electron chi connectivity index (χ0n) is 15.4. The van der Waals surface area contributed by atoms with Gasteiger partial charge in [-0.05, 0) is 76.1 Å². The van der Waals surface area contributed by atoms with Crippen LogP contribution < -0.4 is 10.1 Å². The van der Waals surface area contributed by atoms with Crippen molar-refractivity contribution in [2.24, 2.45) is 0 Å². The topological polar surface area (TPSA) is 60.5 Å². The average Bonchev–Trinajstić information content (AvgIpc) is 2.55. The number of hydrogen-bond donors (Lipinski definition) is 1. The first kappa shape index (κ1) is 18.8. The van der Waals surface area contributed by atoms with Crippen molar-refractivity contribution in [3.63, 3.8) is 0 Å². The van der Waals surface area contributed by atoms with E-state index in [2.05, 4.69) is 10.3 Å². The van der Waals surface area contributed by atoms with E-state index in [-0.39, 0.29) is 18.2 Å². The second-order valence-corrected chi connectivity index (χ2v) is 8.08. The lowest BCUT2D eigenvalue weighted by atomic mass is 9.93. The van der Waals surface area contributed by atoms with Crippen LogP contribution in [0.5, 0.6) is 5.75 Å².